The Morgan fingerprint density at radius 3 is 1.41 bits per heavy atom. The minimum atomic E-state index is -0.382. The van der Waals surface area contributed by atoms with Crippen molar-refractivity contribution in [2.24, 2.45) is 0 Å². The lowest BCUT2D eigenvalue weighted by Gasteiger charge is -2.33. The third kappa shape index (κ3) is 3.35. The average Bonchev–Trinajstić information content (AvgIpc) is 2.99. The first-order valence-corrected chi connectivity index (χ1v) is 14.1. The summed E-state index contributed by atoms with van der Waals surface area (Å²) in [6.45, 7) is 4.20. The highest BCUT2D eigenvalue weighted by molar-refractivity contribution is 6.41. The van der Waals surface area contributed by atoms with Crippen LogP contribution in [0.2, 0.25) is 0 Å². The second-order valence-electron chi connectivity index (χ2n) is 10.7. The number of carbonyl (C=O) groups excluding carboxylic acids is 4. The molecule has 0 spiro atoms. The molecule has 2 aliphatic heterocycles. The number of carbonyl (C=O) groups is 4. The van der Waals surface area contributed by atoms with E-state index >= 15 is 0 Å². The summed E-state index contributed by atoms with van der Waals surface area (Å²) in [6, 6.07) is 14.6. The van der Waals surface area contributed by atoms with Gasteiger partial charge in [-0.05, 0) is 69.4 Å². The van der Waals surface area contributed by atoms with Crippen LogP contribution in [0.25, 0.3) is 43.1 Å². The Morgan fingerprint density at radius 1 is 0.610 bits per heavy atom. The molecule has 5 aromatic rings. The van der Waals surface area contributed by atoms with E-state index in [1.807, 2.05) is 38.1 Å². The Hall–Kier alpha value is -4.40. The Balaban J connectivity index is 1.47. The van der Waals surface area contributed by atoms with E-state index < -0.39 is 0 Å². The minimum Gasteiger partial charge on any atom is -0.394 e. The van der Waals surface area contributed by atoms with E-state index in [0.29, 0.717) is 45.9 Å². The fraction of sp³-hybridized carbons (Fsp3) is 0.273. The topological polar surface area (TPSA) is 104 Å². The number of aliphatic hydroxyl groups is 1. The van der Waals surface area contributed by atoms with Crippen molar-refractivity contribution in [3.63, 3.8) is 0 Å². The Bertz CT molecular complexity index is 1840. The van der Waals surface area contributed by atoms with Crippen molar-refractivity contribution in [3.8, 4) is 0 Å². The normalized spacial score (nSPS) is 15.2. The maximum atomic E-state index is 13.7. The summed E-state index contributed by atoms with van der Waals surface area (Å²) in [6.07, 6.45) is 1.38. The van der Waals surface area contributed by atoms with E-state index in [1.165, 1.54) is 9.80 Å². The number of nitrogens with zero attached hydrogens (tertiary/aromatic N) is 2. The highest BCUT2D eigenvalue weighted by atomic mass is 16.5. The van der Waals surface area contributed by atoms with E-state index in [4.69, 9.17) is 9.84 Å². The second-order valence-corrected chi connectivity index (χ2v) is 10.7. The summed E-state index contributed by atoms with van der Waals surface area (Å²) < 4.78 is 5.31. The van der Waals surface area contributed by atoms with Crippen LogP contribution in [0.3, 0.4) is 0 Å². The molecule has 8 nitrogen and oxygen atoms in total. The largest absolute Gasteiger partial charge is 0.394 e. The van der Waals surface area contributed by atoms with Crippen LogP contribution in [0, 0.1) is 0 Å². The van der Waals surface area contributed by atoms with Gasteiger partial charge in [-0.15, -0.1) is 0 Å². The van der Waals surface area contributed by atoms with Gasteiger partial charge in [0.05, 0.1) is 26.4 Å². The molecule has 0 aliphatic carbocycles. The molecule has 1 N–H and O–H groups in total. The quantitative estimate of drug-likeness (QED) is 0.125. The SMILES string of the molecule is CCC(CC)N1C(=O)c2ccc3c4ccc5c6c(ccc(c7ccc(c2c37)C1=O)c64)C(=O)N(CCOCCO)C5=O. The first-order valence-electron chi connectivity index (χ1n) is 14.1. The Morgan fingerprint density at radius 2 is 1.02 bits per heavy atom. The monoisotopic (exact) mass is 548 g/mol. The van der Waals surface area contributed by atoms with Crippen LogP contribution in [-0.4, -0.2) is 70.9 Å². The highest BCUT2D eigenvalue weighted by Gasteiger charge is 2.38. The molecule has 0 unspecified atom stereocenters. The molecule has 0 saturated heterocycles. The molecule has 4 amide bonds. The van der Waals surface area contributed by atoms with Crippen LogP contribution in [0.15, 0.2) is 48.5 Å². The summed E-state index contributed by atoms with van der Waals surface area (Å²) in [5.41, 5.74) is 1.93. The van der Waals surface area contributed by atoms with E-state index in [0.717, 1.165) is 32.3 Å². The lowest BCUT2D eigenvalue weighted by Crippen LogP contribution is -2.46. The molecule has 8 heteroatoms. The number of fused-ring (bicyclic) bond motifs is 2. The van der Waals surface area contributed by atoms with Gasteiger partial charge in [0.25, 0.3) is 23.6 Å². The molecule has 0 aromatic heterocycles. The van der Waals surface area contributed by atoms with Gasteiger partial charge in [0, 0.05) is 39.1 Å². The van der Waals surface area contributed by atoms with Crippen LogP contribution in [-0.2, 0) is 4.74 Å². The predicted molar refractivity (Wildman–Crippen MR) is 156 cm³/mol. The zero-order chi connectivity index (χ0) is 28.6. The predicted octanol–water partition coefficient (Wildman–Crippen LogP) is 5.13. The number of aliphatic hydroxyl groups excluding tert-OH is 1. The van der Waals surface area contributed by atoms with Crippen molar-refractivity contribution in [1.29, 1.82) is 0 Å². The summed E-state index contributed by atoms with van der Waals surface area (Å²) in [5, 5.41) is 15.4. The van der Waals surface area contributed by atoms with Crippen molar-refractivity contribution in [1.82, 2.24) is 9.80 Å². The molecule has 2 aliphatic rings. The maximum absolute atomic E-state index is 13.7. The molecule has 7 rings (SSSR count). The van der Waals surface area contributed by atoms with E-state index in [-0.39, 0.29) is 56.0 Å². The Kier molecular flexibility index (Phi) is 5.81. The summed E-state index contributed by atoms with van der Waals surface area (Å²) in [7, 11) is 0. The number of imide groups is 2. The van der Waals surface area contributed by atoms with Gasteiger partial charge >= 0.3 is 0 Å². The van der Waals surface area contributed by atoms with Gasteiger partial charge in [-0.2, -0.15) is 0 Å². The number of hydrogen-bond acceptors (Lipinski definition) is 6. The molecule has 41 heavy (non-hydrogen) atoms. The second kappa shape index (κ2) is 9.33. The van der Waals surface area contributed by atoms with Gasteiger partial charge in [0.1, 0.15) is 0 Å². The van der Waals surface area contributed by atoms with Gasteiger partial charge in [0.2, 0.25) is 0 Å². The number of ether oxygens (including phenoxy) is 1. The smallest absolute Gasteiger partial charge is 0.261 e. The lowest BCUT2D eigenvalue weighted by atomic mass is 9.82. The zero-order valence-corrected chi connectivity index (χ0v) is 22.8. The molecular weight excluding hydrogens is 520 g/mol. The highest BCUT2D eigenvalue weighted by Crippen LogP contribution is 2.46. The molecular formula is C33H28N2O6. The van der Waals surface area contributed by atoms with E-state index in [9.17, 15) is 19.2 Å². The standard InChI is InChI=1S/C33H28N2O6/c1-3-17(4-2)35-32(39)24-11-7-20-18-5-9-22-28-23(31(38)34(30(22)37)13-15-41-16-14-36)10-6-19(26(18)28)21-8-12-25(33(35)40)29(24)27(20)21/h5-12,17,36H,3-4,13-16H2,1-2H3. The first-order chi connectivity index (χ1) is 19.9. The van der Waals surface area contributed by atoms with Crippen LogP contribution in [0.4, 0.5) is 0 Å². The minimum absolute atomic E-state index is 0.0891. The van der Waals surface area contributed by atoms with Crippen molar-refractivity contribution in [2.45, 2.75) is 32.7 Å². The summed E-state index contributed by atoms with van der Waals surface area (Å²) in [5.74, 6) is -1.30. The number of rotatable bonds is 8. The molecule has 0 fully saturated rings. The van der Waals surface area contributed by atoms with Gasteiger partial charge in [0.15, 0.2) is 0 Å². The summed E-state index contributed by atoms with van der Waals surface area (Å²) in [4.78, 5) is 57.0. The van der Waals surface area contributed by atoms with Gasteiger partial charge < -0.3 is 9.84 Å². The lowest BCUT2D eigenvalue weighted by molar-refractivity contribution is 0.0475. The van der Waals surface area contributed by atoms with Crippen molar-refractivity contribution in [3.05, 3.63) is 70.8 Å². The number of benzene rings is 5. The maximum Gasteiger partial charge on any atom is 0.261 e. The molecule has 0 radical (unpaired) electrons. The Labute approximate surface area is 235 Å². The van der Waals surface area contributed by atoms with Crippen LogP contribution >= 0.6 is 0 Å². The number of amides is 4. The molecule has 2 heterocycles. The molecule has 0 bridgehead atoms. The van der Waals surface area contributed by atoms with Gasteiger partial charge in [-0.3, -0.25) is 29.0 Å². The van der Waals surface area contributed by atoms with Gasteiger partial charge in [-0.1, -0.05) is 38.1 Å². The van der Waals surface area contributed by atoms with Crippen LogP contribution < -0.4 is 0 Å². The fourth-order valence-corrected chi connectivity index (χ4v) is 6.85. The number of hydrogen-bond donors (Lipinski definition) is 1. The molecule has 0 atom stereocenters. The third-order valence-corrected chi connectivity index (χ3v) is 8.75. The summed E-state index contributed by atoms with van der Waals surface area (Å²) >= 11 is 0. The molecule has 5 aromatic carbocycles. The fourth-order valence-electron chi connectivity index (χ4n) is 6.85. The van der Waals surface area contributed by atoms with Crippen LogP contribution in [0.5, 0.6) is 0 Å². The van der Waals surface area contributed by atoms with Crippen LogP contribution in [0.1, 0.15) is 68.1 Å². The van der Waals surface area contributed by atoms with Crippen molar-refractivity contribution in [2.75, 3.05) is 26.4 Å². The van der Waals surface area contributed by atoms with E-state index in [1.54, 1.807) is 24.3 Å². The molecule has 206 valence electrons. The van der Waals surface area contributed by atoms with Crippen molar-refractivity contribution >= 4 is 66.7 Å². The zero-order valence-electron chi connectivity index (χ0n) is 22.8. The third-order valence-electron chi connectivity index (χ3n) is 8.75. The van der Waals surface area contributed by atoms with Gasteiger partial charge in [-0.25, -0.2) is 0 Å². The average molecular weight is 549 g/mol. The first kappa shape index (κ1) is 25.6. The van der Waals surface area contributed by atoms with Crippen molar-refractivity contribution < 1.29 is 29.0 Å². The van der Waals surface area contributed by atoms with E-state index in [2.05, 4.69) is 0 Å². The molecule has 0 saturated carbocycles.